The van der Waals surface area contributed by atoms with Gasteiger partial charge in [0.2, 0.25) is 0 Å². The standard InChI is InChI=1S/C7H7BrOS.C7H8OS.C7H8S/c8-6-10(9)7-4-2-1-3-5-7;1-9(8)7-5-3-2-4-6-7;1-8-7-5-3-2-4-6-7/h1-5H,6H2;2-6H,1H3;2-6H,1H3. The molecule has 2 nitrogen and oxygen atoms in total. The van der Waals surface area contributed by atoms with Crippen molar-refractivity contribution in [1.29, 1.82) is 0 Å². The van der Waals surface area contributed by atoms with Crippen LogP contribution in [0.15, 0.2) is 106 Å². The topological polar surface area (TPSA) is 34.1 Å². The predicted molar refractivity (Wildman–Crippen MR) is 124 cm³/mol. The Kier molecular flexibility index (Phi) is 13.1. The number of benzene rings is 3. The number of hydrogen-bond acceptors (Lipinski definition) is 3. The van der Waals surface area contributed by atoms with Gasteiger partial charge in [-0.15, -0.1) is 11.8 Å². The maximum atomic E-state index is 11.1. The van der Waals surface area contributed by atoms with Crippen LogP contribution in [-0.2, 0) is 21.6 Å². The van der Waals surface area contributed by atoms with Gasteiger partial charge in [0, 0.05) is 31.7 Å². The second kappa shape index (κ2) is 14.8. The first-order valence-corrected chi connectivity index (χ1v) is 13.3. The SMILES string of the molecule is CS(=O)c1ccccc1.CSc1ccccc1.O=S(CBr)c1ccccc1. The van der Waals surface area contributed by atoms with Crippen LogP contribution < -0.4 is 0 Å². The smallest absolute Gasteiger partial charge is 0.0836 e. The zero-order chi connectivity index (χ0) is 19.9. The van der Waals surface area contributed by atoms with E-state index in [4.69, 9.17) is 0 Å². The molecular formula is C21H23BrO2S3. The van der Waals surface area contributed by atoms with Crippen LogP contribution in [0.5, 0.6) is 0 Å². The van der Waals surface area contributed by atoms with Gasteiger partial charge in [-0.2, -0.15) is 0 Å². The molecule has 144 valence electrons. The maximum Gasteiger partial charge on any atom is 0.0836 e. The van der Waals surface area contributed by atoms with Gasteiger partial charge < -0.3 is 0 Å². The minimum absolute atomic E-state index is 0.511. The van der Waals surface area contributed by atoms with Crippen LogP contribution in [0.2, 0.25) is 0 Å². The van der Waals surface area contributed by atoms with Gasteiger partial charge in [0.25, 0.3) is 0 Å². The summed E-state index contributed by atoms with van der Waals surface area (Å²) in [5.41, 5.74) is 0. The monoisotopic (exact) mass is 482 g/mol. The number of rotatable bonds is 4. The molecule has 27 heavy (non-hydrogen) atoms. The molecule has 0 spiro atoms. The first kappa shape index (κ1) is 23.8. The summed E-state index contributed by atoms with van der Waals surface area (Å²) in [6.45, 7) is 0. The van der Waals surface area contributed by atoms with E-state index in [2.05, 4.69) is 34.3 Å². The molecule has 0 N–H and O–H groups in total. The summed E-state index contributed by atoms with van der Waals surface area (Å²) in [6.07, 6.45) is 3.75. The van der Waals surface area contributed by atoms with E-state index in [9.17, 15) is 8.42 Å². The molecule has 0 aliphatic rings. The third-order valence-corrected chi connectivity index (χ3v) is 7.08. The Hall–Kier alpha value is -1.21. The van der Waals surface area contributed by atoms with Crippen molar-refractivity contribution in [2.45, 2.75) is 14.7 Å². The Morgan fingerprint density at radius 1 is 0.741 bits per heavy atom. The van der Waals surface area contributed by atoms with Crippen molar-refractivity contribution >= 4 is 49.3 Å². The normalized spacial score (nSPS) is 11.8. The van der Waals surface area contributed by atoms with E-state index in [-0.39, 0.29) is 0 Å². The summed E-state index contributed by atoms with van der Waals surface area (Å²) in [6, 6.07) is 29.1. The Morgan fingerprint density at radius 3 is 1.44 bits per heavy atom. The lowest BCUT2D eigenvalue weighted by atomic mass is 10.4. The largest absolute Gasteiger partial charge is 0.255 e. The first-order valence-electron chi connectivity index (χ1n) is 8.05. The Balaban J connectivity index is 0.000000204. The molecule has 2 unspecified atom stereocenters. The molecule has 6 heteroatoms. The minimum atomic E-state index is -0.874. The third kappa shape index (κ3) is 10.6. The van der Waals surface area contributed by atoms with Crippen molar-refractivity contribution in [2.24, 2.45) is 0 Å². The molecule has 0 aromatic heterocycles. The lowest BCUT2D eigenvalue weighted by molar-refractivity contribution is 0.685. The van der Waals surface area contributed by atoms with E-state index in [1.54, 1.807) is 18.0 Å². The number of hydrogen-bond donors (Lipinski definition) is 0. The first-order chi connectivity index (χ1) is 13.1. The van der Waals surface area contributed by atoms with Crippen molar-refractivity contribution in [3.8, 4) is 0 Å². The fourth-order valence-electron chi connectivity index (χ4n) is 1.80. The van der Waals surface area contributed by atoms with E-state index < -0.39 is 21.6 Å². The molecule has 0 saturated heterocycles. The maximum absolute atomic E-state index is 11.1. The van der Waals surface area contributed by atoms with Crippen LogP contribution in [0.3, 0.4) is 0 Å². The molecular weight excluding hydrogens is 460 g/mol. The van der Waals surface area contributed by atoms with Gasteiger partial charge in [0.1, 0.15) is 0 Å². The van der Waals surface area contributed by atoms with Crippen molar-refractivity contribution in [2.75, 3.05) is 17.2 Å². The predicted octanol–water partition coefficient (Wildman–Crippen LogP) is 5.98. The van der Waals surface area contributed by atoms with Crippen LogP contribution in [-0.4, -0.2) is 25.6 Å². The summed E-state index contributed by atoms with van der Waals surface area (Å²) in [7, 11) is -1.70. The number of halogens is 1. The highest BCUT2D eigenvalue weighted by molar-refractivity contribution is 9.10. The zero-order valence-corrected chi connectivity index (χ0v) is 19.3. The quantitative estimate of drug-likeness (QED) is 0.338. The summed E-state index contributed by atoms with van der Waals surface area (Å²) in [4.78, 5) is 3.09. The summed E-state index contributed by atoms with van der Waals surface area (Å²) < 4.78 is 22.3. The fourth-order valence-corrected chi connectivity index (χ4v) is 4.15. The van der Waals surface area contributed by atoms with Crippen molar-refractivity contribution in [3.05, 3.63) is 91.0 Å². The van der Waals surface area contributed by atoms with Gasteiger partial charge in [-0.3, -0.25) is 8.42 Å². The molecule has 0 saturated carbocycles. The molecule has 0 fully saturated rings. The van der Waals surface area contributed by atoms with Crippen LogP contribution in [0.1, 0.15) is 0 Å². The van der Waals surface area contributed by atoms with Crippen LogP contribution in [0, 0.1) is 0 Å². The van der Waals surface area contributed by atoms with Crippen LogP contribution >= 0.6 is 27.7 Å². The molecule has 0 heterocycles. The van der Waals surface area contributed by atoms with E-state index in [1.807, 2.05) is 78.9 Å². The Bertz CT molecular complexity index is 797. The Labute approximate surface area is 179 Å². The van der Waals surface area contributed by atoms with Crippen molar-refractivity contribution in [3.63, 3.8) is 0 Å². The van der Waals surface area contributed by atoms with Gasteiger partial charge in [0.05, 0.1) is 15.5 Å². The highest BCUT2D eigenvalue weighted by Gasteiger charge is 1.97. The van der Waals surface area contributed by atoms with Crippen LogP contribution in [0.25, 0.3) is 0 Å². The van der Waals surface area contributed by atoms with Crippen molar-refractivity contribution in [1.82, 2.24) is 0 Å². The molecule has 0 aliphatic carbocycles. The highest BCUT2D eigenvalue weighted by Crippen LogP contribution is 2.11. The third-order valence-electron chi connectivity index (χ3n) is 3.16. The van der Waals surface area contributed by atoms with Gasteiger partial charge in [-0.25, -0.2) is 0 Å². The van der Waals surface area contributed by atoms with Gasteiger partial charge in [0.15, 0.2) is 0 Å². The summed E-state index contributed by atoms with van der Waals surface area (Å²) in [5, 5.41) is 0. The lowest BCUT2D eigenvalue weighted by Gasteiger charge is -1.94. The highest BCUT2D eigenvalue weighted by atomic mass is 79.9. The number of alkyl halides is 1. The number of thioether (sulfide) groups is 1. The summed E-state index contributed by atoms with van der Waals surface area (Å²) >= 11 is 4.92. The molecule has 3 aromatic rings. The van der Waals surface area contributed by atoms with Gasteiger partial charge in [-0.1, -0.05) is 70.5 Å². The van der Waals surface area contributed by atoms with E-state index in [0.717, 1.165) is 9.79 Å². The molecule has 3 aromatic carbocycles. The Morgan fingerprint density at radius 2 is 1.15 bits per heavy atom. The van der Waals surface area contributed by atoms with E-state index in [1.165, 1.54) is 4.90 Å². The minimum Gasteiger partial charge on any atom is -0.255 e. The fraction of sp³-hybridized carbons (Fsp3) is 0.143. The summed E-state index contributed by atoms with van der Waals surface area (Å²) in [5.74, 6) is 0. The average molecular weight is 484 g/mol. The lowest BCUT2D eigenvalue weighted by Crippen LogP contribution is -1.89. The van der Waals surface area contributed by atoms with Crippen molar-refractivity contribution < 1.29 is 8.42 Å². The average Bonchev–Trinajstić information content (AvgIpc) is 2.76. The van der Waals surface area contributed by atoms with E-state index in [0.29, 0.717) is 4.66 Å². The van der Waals surface area contributed by atoms with Gasteiger partial charge in [-0.05, 0) is 42.7 Å². The van der Waals surface area contributed by atoms with Crippen LogP contribution in [0.4, 0.5) is 0 Å². The second-order valence-corrected chi connectivity index (χ2v) is 10.1. The molecule has 0 radical (unpaired) electrons. The van der Waals surface area contributed by atoms with Gasteiger partial charge >= 0.3 is 0 Å². The second-order valence-electron chi connectivity index (χ2n) is 5.05. The molecule has 0 bridgehead atoms. The molecule has 2 atom stereocenters. The molecule has 0 amide bonds. The van der Waals surface area contributed by atoms with E-state index >= 15 is 0 Å². The molecule has 3 rings (SSSR count). The zero-order valence-electron chi connectivity index (χ0n) is 15.3. The molecule has 0 aliphatic heterocycles.